The molecule has 4 aromatic rings. The highest BCUT2D eigenvalue weighted by molar-refractivity contribution is 7.91. The first-order valence-corrected chi connectivity index (χ1v) is 11.0. The number of nitrogens with zero attached hydrogens (tertiary/aromatic N) is 2. The zero-order valence-corrected chi connectivity index (χ0v) is 17.5. The van der Waals surface area contributed by atoms with E-state index in [4.69, 9.17) is 11.6 Å². The monoisotopic (exact) mass is 452 g/mol. The number of sulfone groups is 1. The van der Waals surface area contributed by atoms with Gasteiger partial charge < -0.3 is 0 Å². The van der Waals surface area contributed by atoms with E-state index in [0.29, 0.717) is 15.4 Å². The predicted molar refractivity (Wildman–Crippen MR) is 116 cm³/mol. The van der Waals surface area contributed by atoms with Gasteiger partial charge in [0.2, 0.25) is 15.7 Å². The van der Waals surface area contributed by atoms with E-state index in [2.05, 4.69) is 16.6 Å². The van der Waals surface area contributed by atoms with Gasteiger partial charge in [0.1, 0.15) is 0 Å². The Hall–Kier alpha value is -3.49. The van der Waals surface area contributed by atoms with Crippen molar-refractivity contribution < 1.29 is 13.2 Å². The second-order valence-corrected chi connectivity index (χ2v) is 8.95. The molecule has 0 aliphatic rings. The molecule has 4 rings (SSSR count). The van der Waals surface area contributed by atoms with E-state index in [1.807, 2.05) is 0 Å². The SMILES string of the molecule is O=C(Cc1ccc(Cl)cc1)Nn1nc(S(=O)(=O)c2cc[c]cc2)c2ccccc2c1=O. The highest BCUT2D eigenvalue weighted by Crippen LogP contribution is 2.24. The van der Waals surface area contributed by atoms with Gasteiger partial charge in [-0.3, -0.25) is 9.59 Å². The van der Waals surface area contributed by atoms with E-state index < -0.39 is 21.3 Å². The molecule has 1 N–H and O–H groups in total. The first kappa shape index (κ1) is 20.8. The first-order valence-electron chi connectivity index (χ1n) is 9.14. The topological polar surface area (TPSA) is 98.1 Å². The van der Waals surface area contributed by atoms with Crippen molar-refractivity contribution in [1.29, 1.82) is 0 Å². The molecular formula is C22H15ClN3O4S. The molecule has 0 aliphatic heterocycles. The van der Waals surface area contributed by atoms with E-state index in [0.717, 1.165) is 0 Å². The van der Waals surface area contributed by atoms with Crippen LogP contribution in [-0.2, 0) is 21.1 Å². The molecule has 0 atom stereocenters. The van der Waals surface area contributed by atoms with Crippen LogP contribution in [0.3, 0.4) is 0 Å². The molecule has 0 saturated heterocycles. The van der Waals surface area contributed by atoms with E-state index in [1.54, 1.807) is 36.4 Å². The van der Waals surface area contributed by atoms with Gasteiger partial charge >= 0.3 is 0 Å². The number of fused-ring (bicyclic) bond motifs is 1. The Morgan fingerprint density at radius 3 is 2.32 bits per heavy atom. The van der Waals surface area contributed by atoms with Crippen LogP contribution in [0.1, 0.15) is 5.56 Å². The van der Waals surface area contributed by atoms with Crippen LogP contribution in [0.25, 0.3) is 10.8 Å². The Morgan fingerprint density at radius 2 is 1.65 bits per heavy atom. The van der Waals surface area contributed by atoms with Gasteiger partial charge in [-0.15, -0.1) is 9.89 Å². The third-order valence-electron chi connectivity index (χ3n) is 4.53. The fourth-order valence-corrected chi connectivity index (χ4v) is 4.54. The smallest absolute Gasteiger partial charge is 0.273 e. The number of rotatable bonds is 5. The molecule has 1 radical (unpaired) electrons. The van der Waals surface area contributed by atoms with Crippen molar-refractivity contribution in [2.45, 2.75) is 16.3 Å². The average molecular weight is 453 g/mol. The van der Waals surface area contributed by atoms with Gasteiger partial charge in [-0.05, 0) is 42.0 Å². The fraction of sp³-hybridized carbons (Fsp3) is 0.0455. The fourth-order valence-electron chi connectivity index (χ4n) is 3.04. The zero-order valence-electron chi connectivity index (χ0n) is 15.9. The molecule has 0 fully saturated rings. The highest BCUT2D eigenvalue weighted by Gasteiger charge is 2.25. The van der Waals surface area contributed by atoms with Gasteiger partial charge in [0, 0.05) is 10.4 Å². The minimum absolute atomic E-state index is 0.00147. The molecule has 9 heteroatoms. The normalized spacial score (nSPS) is 11.4. The van der Waals surface area contributed by atoms with Gasteiger partial charge in [0.05, 0.1) is 16.7 Å². The summed E-state index contributed by atoms with van der Waals surface area (Å²) in [5, 5.41) is 4.48. The first-order chi connectivity index (χ1) is 14.9. The summed E-state index contributed by atoms with van der Waals surface area (Å²) in [6, 6.07) is 21.4. The van der Waals surface area contributed by atoms with Gasteiger partial charge in [-0.1, -0.05) is 54.1 Å². The lowest BCUT2D eigenvalue weighted by Gasteiger charge is -2.12. The maximum Gasteiger partial charge on any atom is 0.294 e. The summed E-state index contributed by atoms with van der Waals surface area (Å²) in [6.45, 7) is 0. The molecule has 1 heterocycles. The van der Waals surface area contributed by atoms with Crippen molar-refractivity contribution in [3.8, 4) is 0 Å². The minimum atomic E-state index is -4.06. The Morgan fingerprint density at radius 1 is 1.00 bits per heavy atom. The van der Waals surface area contributed by atoms with Crippen LogP contribution in [0.5, 0.6) is 0 Å². The molecule has 0 aliphatic carbocycles. The predicted octanol–water partition coefficient (Wildman–Crippen LogP) is 3.00. The summed E-state index contributed by atoms with van der Waals surface area (Å²) in [5.41, 5.74) is 2.41. The van der Waals surface area contributed by atoms with Gasteiger partial charge in [0.15, 0.2) is 5.03 Å². The molecule has 31 heavy (non-hydrogen) atoms. The Kier molecular flexibility index (Phi) is 5.58. The second-order valence-electron chi connectivity index (χ2n) is 6.65. The quantitative estimate of drug-likeness (QED) is 0.502. The van der Waals surface area contributed by atoms with Crippen LogP contribution in [0.2, 0.25) is 5.02 Å². The Bertz CT molecular complexity index is 1430. The molecule has 3 aromatic carbocycles. The van der Waals surface area contributed by atoms with Crippen LogP contribution >= 0.6 is 11.6 Å². The average Bonchev–Trinajstić information content (AvgIpc) is 2.78. The number of carbonyl (C=O) groups excluding carboxylic acids is 1. The van der Waals surface area contributed by atoms with E-state index >= 15 is 0 Å². The molecule has 1 aromatic heterocycles. The number of aromatic nitrogens is 2. The van der Waals surface area contributed by atoms with Crippen LogP contribution in [-0.4, -0.2) is 24.2 Å². The minimum Gasteiger partial charge on any atom is -0.273 e. The van der Waals surface area contributed by atoms with Gasteiger partial charge in [-0.2, -0.15) is 0 Å². The van der Waals surface area contributed by atoms with Crippen LogP contribution in [0.4, 0.5) is 0 Å². The molecule has 0 spiro atoms. The van der Waals surface area contributed by atoms with Crippen molar-refractivity contribution in [1.82, 2.24) is 9.89 Å². The van der Waals surface area contributed by atoms with Gasteiger partial charge in [-0.25, -0.2) is 13.8 Å². The number of carbonyl (C=O) groups is 1. The second kappa shape index (κ2) is 8.33. The Labute approximate surface area is 182 Å². The molecule has 1 amide bonds. The zero-order chi connectivity index (χ0) is 22.0. The van der Waals surface area contributed by atoms with Crippen molar-refractivity contribution in [3.63, 3.8) is 0 Å². The highest BCUT2D eigenvalue weighted by atomic mass is 35.5. The van der Waals surface area contributed by atoms with E-state index in [1.165, 1.54) is 36.4 Å². The number of hydrogen-bond acceptors (Lipinski definition) is 5. The molecule has 0 saturated carbocycles. The van der Waals surface area contributed by atoms with Crippen molar-refractivity contribution in [2.24, 2.45) is 0 Å². The number of amides is 1. The molecule has 7 nitrogen and oxygen atoms in total. The molecular weight excluding hydrogens is 438 g/mol. The summed E-state index contributed by atoms with van der Waals surface area (Å²) in [6.07, 6.45) is -0.0469. The van der Waals surface area contributed by atoms with E-state index in [9.17, 15) is 18.0 Å². The van der Waals surface area contributed by atoms with Crippen molar-refractivity contribution in [2.75, 3.05) is 5.43 Å². The van der Waals surface area contributed by atoms with Crippen LogP contribution in [0.15, 0.2) is 87.5 Å². The van der Waals surface area contributed by atoms with E-state index in [-0.39, 0.29) is 27.1 Å². The largest absolute Gasteiger partial charge is 0.294 e. The number of nitrogens with one attached hydrogen (secondary N) is 1. The number of benzene rings is 3. The van der Waals surface area contributed by atoms with Crippen molar-refractivity contribution in [3.05, 3.63) is 99.8 Å². The van der Waals surface area contributed by atoms with Crippen molar-refractivity contribution >= 4 is 38.1 Å². The summed E-state index contributed by atoms with van der Waals surface area (Å²) in [7, 11) is -4.06. The van der Waals surface area contributed by atoms with Gasteiger partial charge in [0.25, 0.3) is 5.56 Å². The summed E-state index contributed by atoms with van der Waals surface area (Å²) in [4.78, 5) is 26.0. The maximum atomic E-state index is 13.2. The lowest BCUT2D eigenvalue weighted by atomic mass is 10.1. The summed E-state index contributed by atoms with van der Waals surface area (Å²) < 4.78 is 26.4. The van der Waals surface area contributed by atoms with Crippen LogP contribution in [0, 0.1) is 6.07 Å². The Balaban J connectivity index is 1.78. The summed E-state index contributed by atoms with van der Waals surface area (Å²) in [5.74, 6) is -0.537. The number of halogens is 1. The standard InChI is InChI=1S/C22H15ClN3O4S/c23-16-12-10-15(11-13-16)14-20(27)24-26-22(28)19-9-5-4-8-18(19)21(25-26)31(29,30)17-6-2-1-3-7-17/h2-13H,14H2,(H,24,27). The lowest BCUT2D eigenvalue weighted by Crippen LogP contribution is -2.37. The lowest BCUT2D eigenvalue weighted by molar-refractivity contribution is -0.116. The number of hydrogen-bond donors (Lipinski definition) is 1. The van der Waals surface area contributed by atoms with Crippen LogP contribution < -0.4 is 11.0 Å². The molecule has 0 unspecified atom stereocenters. The molecule has 0 bridgehead atoms. The third-order valence-corrected chi connectivity index (χ3v) is 6.49. The third kappa shape index (κ3) is 4.21. The molecule has 155 valence electrons. The summed E-state index contributed by atoms with van der Waals surface area (Å²) >= 11 is 5.85. The maximum absolute atomic E-state index is 13.2.